The number of pyridine rings is 1. The van der Waals surface area contributed by atoms with Gasteiger partial charge in [0.25, 0.3) is 15.9 Å². The Balaban J connectivity index is 1.54. The molecule has 2 atom stereocenters. The SMILES string of the molecule is CCOc1ncccc1C1(NC(=O)N2CC3(CCNCC3)C2OC(=O)C(F)(F)F)C(=O)N(S(=O)(=O)c2ccc(OC)cc2OC)c2ccc(C#N)cc21. The number of piperidine rings is 1. The van der Waals surface area contributed by atoms with Crippen molar-refractivity contribution in [2.75, 3.05) is 44.8 Å². The van der Waals surface area contributed by atoms with E-state index in [1.54, 1.807) is 6.92 Å². The molecule has 3 amide bonds. The first-order valence-corrected chi connectivity index (χ1v) is 17.6. The summed E-state index contributed by atoms with van der Waals surface area (Å²) in [5, 5.41) is 15.6. The van der Waals surface area contributed by atoms with Crippen LogP contribution in [0.3, 0.4) is 0 Å². The van der Waals surface area contributed by atoms with Gasteiger partial charge in [-0.25, -0.2) is 23.0 Å². The van der Waals surface area contributed by atoms with Crippen molar-refractivity contribution >= 4 is 33.6 Å². The Bertz CT molecular complexity index is 2120. The first kappa shape index (κ1) is 37.2. The molecule has 2 N–H and O–H groups in total. The van der Waals surface area contributed by atoms with Gasteiger partial charge in [-0.1, -0.05) is 0 Å². The molecule has 0 radical (unpaired) electrons. The summed E-state index contributed by atoms with van der Waals surface area (Å²) in [4.78, 5) is 46.4. The van der Waals surface area contributed by atoms with Gasteiger partial charge in [0.1, 0.15) is 16.4 Å². The van der Waals surface area contributed by atoms with Crippen molar-refractivity contribution in [1.29, 1.82) is 5.26 Å². The first-order valence-electron chi connectivity index (χ1n) is 16.2. The molecule has 1 aromatic heterocycles. The second-order valence-electron chi connectivity index (χ2n) is 12.4. The Hall–Kier alpha value is -5.61. The van der Waals surface area contributed by atoms with Crippen molar-refractivity contribution < 1.29 is 54.9 Å². The topological polar surface area (TPSA) is 189 Å². The fourth-order valence-electron chi connectivity index (χ4n) is 6.98. The van der Waals surface area contributed by atoms with Gasteiger partial charge in [0.05, 0.1) is 43.7 Å². The van der Waals surface area contributed by atoms with Gasteiger partial charge in [0, 0.05) is 29.8 Å². The number of nitrogens with zero attached hydrogens (tertiary/aromatic N) is 4. The second kappa shape index (κ2) is 13.7. The molecule has 3 aromatic rings. The van der Waals surface area contributed by atoms with Crippen LogP contribution in [-0.4, -0.2) is 89.1 Å². The third kappa shape index (κ3) is 6.10. The number of carbonyl (C=O) groups is 3. The molecule has 2 fully saturated rings. The summed E-state index contributed by atoms with van der Waals surface area (Å²) in [6.45, 7) is 2.21. The molecule has 2 unspecified atom stereocenters. The molecule has 6 rings (SSSR count). The van der Waals surface area contributed by atoms with E-state index < -0.39 is 56.2 Å². The average Bonchev–Trinajstić information content (AvgIpc) is 3.39. The van der Waals surface area contributed by atoms with Gasteiger partial charge in [-0.2, -0.15) is 22.7 Å². The molecule has 3 aliphatic rings. The van der Waals surface area contributed by atoms with Crippen LogP contribution in [0.4, 0.5) is 23.7 Å². The van der Waals surface area contributed by atoms with Crippen LogP contribution in [0.15, 0.2) is 59.6 Å². The van der Waals surface area contributed by atoms with E-state index in [-0.39, 0.29) is 65.8 Å². The van der Waals surface area contributed by atoms with Crippen molar-refractivity contribution in [2.45, 2.75) is 42.6 Å². The minimum atomic E-state index is -5.37. The Morgan fingerprint density at radius 1 is 1.09 bits per heavy atom. The molecule has 1 spiro atoms. The zero-order chi connectivity index (χ0) is 38.3. The number of likely N-dealkylation sites (tertiary alicyclic amines) is 1. The monoisotopic (exact) mass is 758 g/mol. The van der Waals surface area contributed by atoms with Gasteiger partial charge in [-0.3, -0.25) is 9.69 Å². The molecule has 3 aliphatic heterocycles. The zero-order valence-electron chi connectivity index (χ0n) is 28.5. The van der Waals surface area contributed by atoms with Crippen molar-refractivity contribution in [3.8, 4) is 23.4 Å². The Morgan fingerprint density at radius 3 is 2.47 bits per heavy atom. The molecule has 0 aliphatic carbocycles. The number of rotatable bonds is 9. The number of sulfonamides is 1. The maximum atomic E-state index is 15.2. The fourth-order valence-corrected chi connectivity index (χ4v) is 8.58. The van der Waals surface area contributed by atoms with E-state index in [1.165, 1.54) is 62.9 Å². The summed E-state index contributed by atoms with van der Waals surface area (Å²) in [6.07, 6.45) is -5.22. The van der Waals surface area contributed by atoms with Crippen LogP contribution in [0, 0.1) is 16.7 Å². The first-order chi connectivity index (χ1) is 25.2. The number of nitrogens with one attached hydrogen (secondary N) is 2. The number of aromatic nitrogens is 1. The van der Waals surface area contributed by atoms with Crippen molar-refractivity contribution in [2.24, 2.45) is 5.41 Å². The largest absolute Gasteiger partial charge is 0.497 e. The van der Waals surface area contributed by atoms with Crippen molar-refractivity contribution in [1.82, 2.24) is 20.5 Å². The molecule has 280 valence electrons. The quantitative estimate of drug-likeness (QED) is 0.304. The van der Waals surface area contributed by atoms with Crippen LogP contribution in [0.25, 0.3) is 0 Å². The number of esters is 1. The lowest BCUT2D eigenvalue weighted by Crippen LogP contribution is -2.73. The highest BCUT2D eigenvalue weighted by Crippen LogP contribution is 2.51. The fraction of sp³-hybridized carbons (Fsp3) is 0.382. The highest BCUT2D eigenvalue weighted by molar-refractivity contribution is 7.93. The van der Waals surface area contributed by atoms with E-state index in [0.29, 0.717) is 17.4 Å². The lowest BCUT2D eigenvalue weighted by atomic mass is 9.70. The molecule has 2 aromatic carbocycles. The molecule has 53 heavy (non-hydrogen) atoms. The maximum absolute atomic E-state index is 15.2. The van der Waals surface area contributed by atoms with Crippen LogP contribution in [-0.2, 0) is 29.9 Å². The van der Waals surface area contributed by atoms with Gasteiger partial charge in [-0.05, 0) is 75.3 Å². The number of nitriles is 1. The van der Waals surface area contributed by atoms with E-state index in [4.69, 9.17) is 18.9 Å². The summed E-state index contributed by atoms with van der Waals surface area (Å²) in [5.74, 6) is -3.93. The highest BCUT2D eigenvalue weighted by atomic mass is 32.2. The predicted octanol–water partition coefficient (Wildman–Crippen LogP) is 3.17. The van der Waals surface area contributed by atoms with Crippen LogP contribution in [0.5, 0.6) is 17.4 Å². The number of urea groups is 1. The van der Waals surface area contributed by atoms with Crippen LogP contribution in [0.1, 0.15) is 36.5 Å². The molecule has 19 heteroatoms. The minimum absolute atomic E-state index is 0.0104. The van der Waals surface area contributed by atoms with E-state index in [2.05, 4.69) is 15.6 Å². The smallest absolute Gasteiger partial charge is 0.491 e. The molecule has 0 saturated carbocycles. The highest BCUT2D eigenvalue weighted by Gasteiger charge is 2.63. The summed E-state index contributed by atoms with van der Waals surface area (Å²) in [5.41, 5.74) is -4.21. The standard InChI is InChI=1S/C34H33F3N6O9S/c1-4-51-27-22(6-5-13-40-27)33(41-31(46)42-19-32(11-14-39-15-12-32)29(42)52-30(45)34(35,36)37)23-16-20(18-38)7-9-24(23)43(28(33)44)53(47,48)26-10-8-21(49-2)17-25(26)50-3/h5-10,13,16-17,29,39H,4,11-12,14-15,19H2,1-3H3,(H,41,46). The van der Waals surface area contributed by atoms with Gasteiger partial charge in [0.15, 0.2) is 11.8 Å². The molecular formula is C34H33F3N6O9S. The number of ether oxygens (including phenoxy) is 4. The molecule has 0 bridgehead atoms. The second-order valence-corrected chi connectivity index (χ2v) is 14.2. The van der Waals surface area contributed by atoms with Crippen LogP contribution in [0.2, 0.25) is 0 Å². The lowest BCUT2D eigenvalue weighted by molar-refractivity contribution is -0.245. The normalized spacial score (nSPS) is 20.5. The van der Waals surface area contributed by atoms with Gasteiger partial charge < -0.3 is 29.6 Å². The predicted molar refractivity (Wildman–Crippen MR) is 177 cm³/mol. The summed E-state index contributed by atoms with van der Waals surface area (Å²) in [7, 11) is -2.34. The molecule has 4 heterocycles. The van der Waals surface area contributed by atoms with Gasteiger partial charge in [-0.15, -0.1) is 0 Å². The summed E-state index contributed by atoms with van der Waals surface area (Å²) < 4.78 is 91.3. The minimum Gasteiger partial charge on any atom is -0.497 e. The number of hydrogen-bond donors (Lipinski definition) is 2. The molecule has 15 nitrogen and oxygen atoms in total. The number of fused-ring (bicyclic) bond motifs is 1. The van der Waals surface area contributed by atoms with E-state index >= 15 is 4.79 Å². The molecular weight excluding hydrogens is 725 g/mol. The van der Waals surface area contributed by atoms with Gasteiger partial charge in [0.2, 0.25) is 5.88 Å². The third-order valence-electron chi connectivity index (χ3n) is 9.50. The van der Waals surface area contributed by atoms with Crippen molar-refractivity contribution in [3.63, 3.8) is 0 Å². The van der Waals surface area contributed by atoms with Crippen molar-refractivity contribution in [3.05, 3.63) is 71.4 Å². The average molecular weight is 759 g/mol. The van der Waals surface area contributed by atoms with E-state index in [0.717, 1.165) is 11.0 Å². The summed E-state index contributed by atoms with van der Waals surface area (Å²) in [6, 6.07) is 11.0. The Kier molecular flexibility index (Phi) is 9.64. The van der Waals surface area contributed by atoms with Crippen LogP contribution < -0.4 is 29.1 Å². The maximum Gasteiger partial charge on any atom is 0.491 e. The number of amides is 3. The number of halogens is 3. The summed E-state index contributed by atoms with van der Waals surface area (Å²) >= 11 is 0. The van der Waals surface area contributed by atoms with E-state index in [1.807, 2.05) is 6.07 Å². The van der Waals surface area contributed by atoms with Gasteiger partial charge >= 0.3 is 18.2 Å². The Labute approximate surface area is 301 Å². The number of methoxy groups -OCH3 is 2. The van der Waals surface area contributed by atoms with E-state index in [9.17, 15) is 36.4 Å². The Morgan fingerprint density at radius 2 is 1.83 bits per heavy atom. The molecule has 2 saturated heterocycles. The number of carbonyl (C=O) groups excluding carboxylic acids is 3. The third-order valence-corrected chi connectivity index (χ3v) is 11.2. The number of benzene rings is 2. The zero-order valence-corrected chi connectivity index (χ0v) is 29.3. The number of anilines is 1. The lowest BCUT2D eigenvalue weighted by Gasteiger charge is -2.57. The number of alkyl halides is 3. The van der Waals surface area contributed by atoms with Crippen LogP contribution >= 0.6 is 0 Å². The number of hydrogen-bond acceptors (Lipinski definition) is 12.